The van der Waals surface area contributed by atoms with Gasteiger partial charge in [-0.05, 0) is 57.0 Å². The highest BCUT2D eigenvalue weighted by Gasteiger charge is 2.50. The first-order valence-corrected chi connectivity index (χ1v) is 10.2. The fraction of sp³-hybridized carbons (Fsp3) is 0.842. The third-order valence-electron chi connectivity index (χ3n) is 6.78. The van der Waals surface area contributed by atoms with Gasteiger partial charge in [-0.1, -0.05) is 5.21 Å². The number of methoxy groups -OCH3 is 1. The van der Waals surface area contributed by atoms with Gasteiger partial charge in [-0.15, -0.1) is 5.10 Å². The number of nitrogens with zero attached hydrogens (tertiary/aromatic N) is 4. The van der Waals surface area contributed by atoms with E-state index in [1.165, 1.54) is 45.2 Å². The lowest BCUT2D eigenvalue weighted by Crippen LogP contribution is -2.53. The van der Waals surface area contributed by atoms with E-state index in [1.807, 2.05) is 10.9 Å². The molecule has 0 radical (unpaired) electrons. The monoisotopic (exact) mass is 377 g/mol. The van der Waals surface area contributed by atoms with Crippen molar-refractivity contribution in [1.82, 2.24) is 25.2 Å². The molecule has 3 fully saturated rings. The molecule has 1 aliphatic carbocycles. The fourth-order valence-corrected chi connectivity index (χ4v) is 4.95. The number of likely N-dealkylation sites (tertiary alicyclic amines) is 1. The van der Waals surface area contributed by atoms with Gasteiger partial charge in [0.1, 0.15) is 0 Å². The molecule has 0 bridgehead atoms. The summed E-state index contributed by atoms with van der Waals surface area (Å²) in [6, 6.07) is 1.07. The molecule has 1 spiro atoms. The van der Waals surface area contributed by atoms with Gasteiger partial charge >= 0.3 is 0 Å². The second-order valence-electron chi connectivity index (χ2n) is 8.13. The highest BCUT2D eigenvalue weighted by molar-refractivity contribution is 5.91. The van der Waals surface area contributed by atoms with Crippen LogP contribution in [0.5, 0.6) is 0 Å². The number of ether oxygens (including phenoxy) is 2. The topological polar surface area (TPSA) is 81.5 Å². The molecule has 3 aliphatic rings. The van der Waals surface area contributed by atoms with Gasteiger partial charge in [-0.3, -0.25) is 4.79 Å². The summed E-state index contributed by atoms with van der Waals surface area (Å²) in [5, 5.41) is 11.2. The number of hydrogen-bond acceptors (Lipinski definition) is 6. The van der Waals surface area contributed by atoms with Crippen LogP contribution in [0.2, 0.25) is 0 Å². The van der Waals surface area contributed by atoms with E-state index in [0.717, 1.165) is 19.6 Å². The molecule has 2 aliphatic heterocycles. The van der Waals surface area contributed by atoms with Crippen molar-refractivity contribution in [2.24, 2.45) is 5.41 Å². The number of aromatic nitrogens is 3. The van der Waals surface area contributed by atoms with E-state index < -0.39 is 0 Å². The van der Waals surface area contributed by atoms with Crippen molar-refractivity contribution in [3.8, 4) is 0 Å². The van der Waals surface area contributed by atoms with Gasteiger partial charge in [0.2, 0.25) is 0 Å². The van der Waals surface area contributed by atoms with Crippen LogP contribution in [0.3, 0.4) is 0 Å². The highest BCUT2D eigenvalue weighted by Crippen LogP contribution is 2.56. The normalized spacial score (nSPS) is 26.0. The smallest absolute Gasteiger partial charge is 0.273 e. The zero-order valence-electron chi connectivity index (χ0n) is 16.2. The Labute approximate surface area is 160 Å². The molecule has 0 aromatic carbocycles. The molecule has 1 saturated carbocycles. The van der Waals surface area contributed by atoms with Crippen molar-refractivity contribution in [1.29, 1.82) is 0 Å². The summed E-state index contributed by atoms with van der Waals surface area (Å²) in [5.74, 6) is -0.180. The number of carbonyl (C=O) groups excluding carboxylic acids is 1. The summed E-state index contributed by atoms with van der Waals surface area (Å²) >= 11 is 0. The van der Waals surface area contributed by atoms with Gasteiger partial charge in [0.15, 0.2) is 5.69 Å². The second-order valence-corrected chi connectivity index (χ2v) is 8.13. The van der Waals surface area contributed by atoms with E-state index in [0.29, 0.717) is 36.3 Å². The minimum Gasteiger partial charge on any atom is -0.383 e. The SMILES string of the molecule is COCCNC(=O)c1cn(C2CCC23CCN(C2CCOCC2)CC3)nn1. The minimum atomic E-state index is -0.180. The number of nitrogens with one attached hydrogen (secondary N) is 1. The molecule has 3 heterocycles. The highest BCUT2D eigenvalue weighted by atomic mass is 16.5. The number of hydrogen-bond donors (Lipinski definition) is 1. The molecule has 8 heteroatoms. The summed E-state index contributed by atoms with van der Waals surface area (Å²) in [6.07, 6.45) is 8.97. The number of piperidine rings is 1. The largest absolute Gasteiger partial charge is 0.383 e. The van der Waals surface area contributed by atoms with E-state index in [-0.39, 0.29) is 5.91 Å². The molecule has 1 N–H and O–H groups in total. The molecule has 1 atom stereocenters. The van der Waals surface area contributed by atoms with Crippen LogP contribution in [0.15, 0.2) is 6.20 Å². The third-order valence-corrected chi connectivity index (χ3v) is 6.78. The van der Waals surface area contributed by atoms with Crippen LogP contribution in [-0.4, -0.2) is 78.4 Å². The van der Waals surface area contributed by atoms with E-state index in [9.17, 15) is 4.79 Å². The number of amides is 1. The molecule has 1 aromatic rings. The van der Waals surface area contributed by atoms with Crippen molar-refractivity contribution in [3.63, 3.8) is 0 Å². The van der Waals surface area contributed by atoms with E-state index >= 15 is 0 Å². The van der Waals surface area contributed by atoms with Crippen LogP contribution >= 0.6 is 0 Å². The lowest BCUT2D eigenvalue weighted by Gasteiger charge is -2.54. The van der Waals surface area contributed by atoms with E-state index in [2.05, 4.69) is 20.5 Å². The van der Waals surface area contributed by atoms with E-state index in [4.69, 9.17) is 9.47 Å². The molecule has 8 nitrogen and oxygen atoms in total. The van der Waals surface area contributed by atoms with Crippen LogP contribution in [0.1, 0.15) is 55.1 Å². The van der Waals surface area contributed by atoms with Crippen LogP contribution < -0.4 is 5.32 Å². The Balaban J connectivity index is 1.33. The predicted octanol–water partition coefficient (Wildman–Crippen LogP) is 1.25. The van der Waals surface area contributed by atoms with Crippen LogP contribution in [0.25, 0.3) is 0 Å². The zero-order chi connectivity index (χ0) is 18.7. The summed E-state index contributed by atoms with van der Waals surface area (Å²) in [7, 11) is 1.62. The average Bonchev–Trinajstić information content (AvgIpc) is 3.17. The van der Waals surface area contributed by atoms with Gasteiger partial charge in [0.05, 0.1) is 18.8 Å². The molecule has 1 unspecified atom stereocenters. The zero-order valence-corrected chi connectivity index (χ0v) is 16.2. The maximum atomic E-state index is 12.1. The van der Waals surface area contributed by atoms with Gasteiger partial charge < -0.3 is 19.7 Å². The Morgan fingerprint density at radius 3 is 2.74 bits per heavy atom. The molecule has 4 rings (SSSR count). The fourth-order valence-electron chi connectivity index (χ4n) is 4.95. The van der Waals surface area contributed by atoms with Crippen molar-refractivity contribution >= 4 is 5.91 Å². The quantitative estimate of drug-likeness (QED) is 0.752. The van der Waals surface area contributed by atoms with Crippen molar-refractivity contribution in [2.45, 2.75) is 50.6 Å². The van der Waals surface area contributed by atoms with Gasteiger partial charge in [0.25, 0.3) is 5.91 Å². The van der Waals surface area contributed by atoms with Crippen LogP contribution in [0.4, 0.5) is 0 Å². The van der Waals surface area contributed by atoms with Crippen molar-refractivity contribution < 1.29 is 14.3 Å². The maximum absolute atomic E-state index is 12.1. The first-order valence-electron chi connectivity index (χ1n) is 10.2. The summed E-state index contributed by atoms with van der Waals surface area (Å²) in [5.41, 5.74) is 0.729. The average molecular weight is 377 g/mol. The molecule has 1 amide bonds. The standard InChI is InChI=1S/C19H31N5O3/c1-26-13-8-20-18(25)16-14-24(22-21-16)17-2-5-19(17)6-9-23(10-7-19)15-3-11-27-12-4-15/h14-15,17H,2-13H2,1H3,(H,20,25). The molecule has 1 aromatic heterocycles. The van der Waals surface area contributed by atoms with Gasteiger partial charge in [-0.25, -0.2) is 4.68 Å². The first kappa shape index (κ1) is 18.8. The Kier molecular flexibility index (Phi) is 5.75. The molecular formula is C19H31N5O3. The summed E-state index contributed by atoms with van der Waals surface area (Å²) < 4.78 is 12.4. The lowest BCUT2D eigenvalue weighted by atomic mass is 9.59. The molecular weight excluding hydrogens is 346 g/mol. The first-order chi connectivity index (χ1) is 13.2. The Morgan fingerprint density at radius 1 is 1.30 bits per heavy atom. The number of rotatable bonds is 6. The molecule has 27 heavy (non-hydrogen) atoms. The summed E-state index contributed by atoms with van der Waals surface area (Å²) in [4.78, 5) is 14.8. The molecule has 150 valence electrons. The van der Waals surface area contributed by atoms with Crippen molar-refractivity contribution in [2.75, 3.05) is 46.6 Å². The number of carbonyl (C=O) groups is 1. The van der Waals surface area contributed by atoms with Crippen molar-refractivity contribution in [3.05, 3.63) is 11.9 Å². The van der Waals surface area contributed by atoms with Crippen LogP contribution in [-0.2, 0) is 9.47 Å². The Morgan fingerprint density at radius 2 is 2.07 bits per heavy atom. The maximum Gasteiger partial charge on any atom is 0.273 e. The lowest BCUT2D eigenvalue weighted by molar-refractivity contribution is -0.0547. The summed E-state index contributed by atoms with van der Waals surface area (Å²) in [6.45, 7) is 5.12. The Hall–Kier alpha value is -1.51. The van der Waals surface area contributed by atoms with Crippen LogP contribution in [0, 0.1) is 5.41 Å². The molecule has 2 saturated heterocycles. The Bertz CT molecular complexity index is 635. The predicted molar refractivity (Wildman–Crippen MR) is 99.6 cm³/mol. The minimum absolute atomic E-state index is 0.180. The second kappa shape index (κ2) is 8.24. The van der Waals surface area contributed by atoms with Gasteiger partial charge in [-0.2, -0.15) is 0 Å². The van der Waals surface area contributed by atoms with E-state index in [1.54, 1.807) is 7.11 Å². The van der Waals surface area contributed by atoms with Gasteiger partial charge in [0, 0.05) is 32.9 Å². The third kappa shape index (κ3) is 3.88.